The summed E-state index contributed by atoms with van der Waals surface area (Å²) in [6, 6.07) is 8.69. The van der Waals surface area contributed by atoms with E-state index in [1.54, 1.807) is 42.7 Å². The molecule has 1 aliphatic carbocycles. The van der Waals surface area contributed by atoms with Crippen molar-refractivity contribution in [1.82, 2.24) is 4.98 Å². The Morgan fingerprint density at radius 2 is 1.83 bits per heavy atom. The minimum atomic E-state index is -2.57. The fourth-order valence-electron chi connectivity index (χ4n) is 2.90. The Kier molecular flexibility index (Phi) is 4.30. The first-order valence-corrected chi connectivity index (χ1v) is 7.65. The van der Waals surface area contributed by atoms with Gasteiger partial charge in [0.1, 0.15) is 0 Å². The molecular weight excluding hydrogens is 310 g/mol. The predicted molar refractivity (Wildman–Crippen MR) is 86.6 cm³/mol. The van der Waals surface area contributed by atoms with Gasteiger partial charge in [-0.05, 0) is 48.2 Å². The molecule has 0 saturated heterocycles. The molecule has 0 spiro atoms. The van der Waals surface area contributed by atoms with Crippen LogP contribution in [0.5, 0.6) is 0 Å². The van der Waals surface area contributed by atoms with Crippen LogP contribution in [0.25, 0.3) is 0 Å². The standard InChI is InChI=1S/C19H16F2N2O/c20-19(21)11-15(12-19)10-16-9-14(3-4-17(16)18(22)24)2-1-13-5-7-23-8-6-13/h3-9,15H,10-12H2,(H2,22,24). The molecule has 3 rings (SSSR count). The molecule has 1 heterocycles. The number of carbonyl (C=O) groups excluding carboxylic acids is 1. The topological polar surface area (TPSA) is 56.0 Å². The Morgan fingerprint density at radius 3 is 2.46 bits per heavy atom. The zero-order valence-corrected chi connectivity index (χ0v) is 12.9. The van der Waals surface area contributed by atoms with Crippen molar-refractivity contribution in [3.8, 4) is 11.8 Å². The number of hydrogen-bond donors (Lipinski definition) is 1. The van der Waals surface area contributed by atoms with E-state index in [1.807, 2.05) is 0 Å². The summed E-state index contributed by atoms with van der Waals surface area (Å²) >= 11 is 0. The van der Waals surface area contributed by atoms with E-state index >= 15 is 0 Å². The van der Waals surface area contributed by atoms with Gasteiger partial charge in [-0.3, -0.25) is 9.78 Å². The Labute approximate surface area is 138 Å². The zero-order valence-electron chi connectivity index (χ0n) is 12.9. The number of alkyl halides is 2. The minimum absolute atomic E-state index is 0.124. The van der Waals surface area contributed by atoms with E-state index in [0.717, 1.165) is 11.1 Å². The van der Waals surface area contributed by atoms with Gasteiger partial charge in [-0.25, -0.2) is 8.78 Å². The third-order valence-corrected chi connectivity index (χ3v) is 4.09. The second-order valence-corrected chi connectivity index (χ2v) is 6.06. The molecule has 5 heteroatoms. The summed E-state index contributed by atoms with van der Waals surface area (Å²) in [6.45, 7) is 0. The van der Waals surface area contributed by atoms with Crippen molar-refractivity contribution < 1.29 is 13.6 Å². The van der Waals surface area contributed by atoms with Gasteiger partial charge in [0.05, 0.1) is 0 Å². The number of carbonyl (C=O) groups is 1. The third-order valence-electron chi connectivity index (χ3n) is 4.09. The van der Waals surface area contributed by atoms with Gasteiger partial charge in [0.25, 0.3) is 0 Å². The van der Waals surface area contributed by atoms with Crippen molar-refractivity contribution in [1.29, 1.82) is 0 Å². The average molecular weight is 326 g/mol. The summed E-state index contributed by atoms with van der Waals surface area (Å²) < 4.78 is 26.0. The minimum Gasteiger partial charge on any atom is -0.366 e. The van der Waals surface area contributed by atoms with Crippen LogP contribution in [0, 0.1) is 17.8 Å². The van der Waals surface area contributed by atoms with Crippen LogP contribution in [-0.2, 0) is 6.42 Å². The van der Waals surface area contributed by atoms with Gasteiger partial charge in [-0.1, -0.05) is 11.8 Å². The van der Waals surface area contributed by atoms with E-state index < -0.39 is 11.8 Å². The Bertz CT molecular complexity index is 814. The normalized spacial score (nSPS) is 15.9. The maximum atomic E-state index is 13.0. The lowest BCUT2D eigenvalue weighted by atomic mass is 9.76. The number of nitrogens with two attached hydrogens (primary N) is 1. The largest absolute Gasteiger partial charge is 0.366 e. The second kappa shape index (κ2) is 6.40. The smallest absolute Gasteiger partial charge is 0.248 e. The third kappa shape index (κ3) is 3.77. The van der Waals surface area contributed by atoms with Crippen molar-refractivity contribution in [3.63, 3.8) is 0 Å². The van der Waals surface area contributed by atoms with Gasteiger partial charge < -0.3 is 5.73 Å². The van der Waals surface area contributed by atoms with E-state index in [9.17, 15) is 13.6 Å². The first-order valence-electron chi connectivity index (χ1n) is 7.65. The fraction of sp³-hybridized carbons (Fsp3) is 0.263. The number of benzene rings is 1. The first kappa shape index (κ1) is 16.1. The quantitative estimate of drug-likeness (QED) is 0.881. The molecule has 1 saturated carbocycles. The summed E-state index contributed by atoms with van der Waals surface area (Å²) in [4.78, 5) is 15.5. The van der Waals surface area contributed by atoms with Crippen LogP contribution in [0.1, 0.15) is 39.9 Å². The molecule has 122 valence electrons. The molecule has 0 radical (unpaired) electrons. The Hall–Kier alpha value is -2.74. The Balaban J connectivity index is 1.83. The lowest BCUT2D eigenvalue weighted by Crippen LogP contribution is -2.36. The molecule has 0 atom stereocenters. The highest BCUT2D eigenvalue weighted by atomic mass is 19.3. The number of amides is 1. The average Bonchev–Trinajstić information content (AvgIpc) is 2.52. The number of nitrogens with zero attached hydrogens (tertiary/aromatic N) is 1. The molecule has 2 N–H and O–H groups in total. The molecule has 2 aromatic rings. The van der Waals surface area contributed by atoms with Gasteiger partial charge in [-0.15, -0.1) is 0 Å². The van der Waals surface area contributed by atoms with Crippen molar-refractivity contribution in [2.45, 2.75) is 25.2 Å². The molecule has 1 aromatic heterocycles. The van der Waals surface area contributed by atoms with Gasteiger partial charge in [0.2, 0.25) is 11.8 Å². The van der Waals surface area contributed by atoms with Crippen LogP contribution < -0.4 is 5.73 Å². The summed E-state index contributed by atoms with van der Waals surface area (Å²) in [5.74, 6) is 2.77. The molecule has 1 amide bonds. The van der Waals surface area contributed by atoms with E-state index in [-0.39, 0.29) is 18.8 Å². The van der Waals surface area contributed by atoms with Crippen molar-refractivity contribution >= 4 is 5.91 Å². The highest BCUT2D eigenvalue weighted by Crippen LogP contribution is 2.44. The summed E-state index contributed by atoms with van der Waals surface area (Å²) in [5.41, 5.74) is 7.99. The Morgan fingerprint density at radius 1 is 1.17 bits per heavy atom. The fourth-order valence-corrected chi connectivity index (χ4v) is 2.90. The highest BCUT2D eigenvalue weighted by molar-refractivity contribution is 5.94. The number of aromatic nitrogens is 1. The number of primary amides is 1. The van der Waals surface area contributed by atoms with E-state index in [2.05, 4.69) is 16.8 Å². The first-order chi connectivity index (χ1) is 11.4. The molecule has 1 fully saturated rings. The van der Waals surface area contributed by atoms with Crippen LogP contribution in [0.2, 0.25) is 0 Å². The highest BCUT2D eigenvalue weighted by Gasteiger charge is 2.45. The van der Waals surface area contributed by atoms with Crippen molar-refractivity contribution in [3.05, 3.63) is 65.0 Å². The number of rotatable bonds is 3. The summed E-state index contributed by atoms with van der Waals surface area (Å²) in [5, 5.41) is 0. The van der Waals surface area contributed by atoms with E-state index in [4.69, 9.17) is 5.73 Å². The monoisotopic (exact) mass is 326 g/mol. The van der Waals surface area contributed by atoms with Gasteiger partial charge in [0.15, 0.2) is 0 Å². The molecule has 24 heavy (non-hydrogen) atoms. The van der Waals surface area contributed by atoms with Crippen LogP contribution >= 0.6 is 0 Å². The molecular formula is C19H16F2N2O. The SMILES string of the molecule is NC(=O)c1ccc(C#Cc2ccncc2)cc1CC1CC(F)(F)C1. The molecule has 0 unspecified atom stereocenters. The van der Waals surface area contributed by atoms with Crippen molar-refractivity contribution in [2.75, 3.05) is 0 Å². The van der Waals surface area contributed by atoms with Gasteiger partial charge >= 0.3 is 0 Å². The summed E-state index contributed by atoms with van der Waals surface area (Å²) in [6.07, 6.45) is 3.44. The molecule has 3 nitrogen and oxygen atoms in total. The second-order valence-electron chi connectivity index (χ2n) is 6.06. The van der Waals surface area contributed by atoms with Crippen LogP contribution in [0.3, 0.4) is 0 Å². The molecule has 1 aromatic carbocycles. The number of pyridine rings is 1. The maximum Gasteiger partial charge on any atom is 0.248 e. The lowest BCUT2D eigenvalue weighted by molar-refractivity contribution is -0.109. The molecule has 0 aliphatic heterocycles. The molecule has 1 aliphatic rings. The lowest BCUT2D eigenvalue weighted by Gasteiger charge is -2.35. The number of hydrogen-bond acceptors (Lipinski definition) is 2. The van der Waals surface area contributed by atoms with E-state index in [0.29, 0.717) is 17.5 Å². The van der Waals surface area contributed by atoms with Crippen molar-refractivity contribution in [2.24, 2.45) is 11.7 Å². The zero-order chi connectivity index (χ0) is 17.2. The van der Waals surface area contributed by atoms with Crippen LogP contribution in [0.4, 0.5) is 8.78 Å². The molecule has 0 bridgehead atoms. The maximum absolute atomic E-state index is 13.0. The van der Waals surface area contributed by atoms with Gasteiger partial charge in [-0.2, -0.15) is 0 Å². The predicted octanol–water partition coefficient (Wildman–Crippen LogP) is 3.17. The van der Waals surface area contributed by atoms with E-state index in [1.165, 1.54) is 0 Å². The van der Waals surface area contributed by atoms with Crippen LogP contribution in [0.15, 0.2) is 42.7 Å². The van der Waals surface area contributed by atoms with Crippen LogP contribution in [-0.4, -0.2) is 16.8 Å². The number of halogens is 2. The van der Waals surface area contributed by atoms with Gasteiger partial charge in [0, 0.05) is 41.9 Å². The summed E-state index contributed by atoms with van der Waals surface area (Å²) in [7, 11) is 0.